The van der Waals surface area contributed by atoms with Gasteiger partial charge in [0, 0.05) is 25.7 Å². The highest BCUT2D eigenvalue weighted by Gasteiger charge is 2.30. The zero-order valence-electron chi connectivity index (χ0n) is 65.5. The van der Waals surface area contributed by atoms with Crippen LogP contribution in [0, 0.1) is 11.8 Å². The fourth-order valence-electron chi connectivity index (χ4n) is 12.5. The normalized spacial score (nSPS) is 14.2. The standard InChI is InChI=1S/C81H158O17P2/c1-7-10-12-14-16-18-20-22-24-25-26-27-28-29-30-32-34-39-47-53-59-65-80(85)97-76(69-91-78(83)63-57-51-45-38-33-31-23-21-19-17-15-13-11-8-2)71-95-99(87,88)93-67-75(82)68-94-100(89,90)96-72-77(70-92-79(84)64-58-52-46-42-41-44-50-56-62-74(6)9-3)98-81(86)66-60-54-48-40-36-35-37-43-49-55-61-73(4)5/h73-77,82H,7-72H2,1-6H3,(H,87,88)(H,89,90)/t74?,75-,76-,77-/m1/s1. The van der Waals surface area contributed by atoms with Crippen LogP contribution in [0.25, 0.3) is 0 Å². The van der Waals surface area contributed by atoms with Crippen molar-refractivity contribution < 1.29 is 80.2 Å². The zero-order valence-corrected chi connectivity index (χ0v) is 67.3. The molecule has 100 heavy (non-hydrogen) atoms. The number of aliphatic hydroxyl groups excluding tert-OH is 1. The molecule has 0 heterocycles. The highest BCUT2D eigenvalue weighted by atomic mass is 31.2. The number of carbonyl (C=O) groups excluding carboxylic acids is 4. The molecule has 3 N–H and O–H groups in total. The summed E-state index contributed by atoms with van der Waals surface area (Å²) in [7, 11) is -9.92. The summed E-state index contributed by atoms with van der Waals surface area (Å²) in [6, 6.07) is 0. The fourth-order valence-corrected chi connectivity index (χ4v) is 14.1. The van der Waals surface area contributed by atoms with Crippen molar-refractivity contribution in [2.24, 2.45) is 11.8 Å². The maximum Gasteiger partial charge on any atom is 0.472 e. The van der Waals surface area contributed by atoms with E-state index in [-0.39, 0.29) is 25.7 Å². The Morgan fingerprint density at radius 3 is 0.760 bits per heavy atom. The molecule has 6 atom stereocenters. The molecule has 594 valence electrons. The van der Waals surface area contributed by atoms with Gasteiger partial charge in [-0.05, 0) is 37.5 Å². The van der Waals surface area contributed by atoms with Crippen molar-refractivity contribution in [1.82, 2.24) is 0 Å². The second kappa shape index (κ2) is 72.6. The summed E-state index contributed by atoms with van der Waals surface area (Å²) in [6.45, 7) is 9.62. The van der Waals surface area contributed by atoms with Crippen molar-refractivity contribution in [2.45, 2.75) is 445 Å². The first-order valence-electron chi connectivity index (χ1n) is 42.0. The van der Waals surface area contributed by atoms with Crippen molar-refractivity contribution in [2.75, 3.05) is 39.6 Å². The second-order valence-corrected chi connectivity index (χ2v) is 32.8. The van der Waals surface area contributed by atoms with Crippen LogP contribution in [0.3, 0.4) is 0 Å². The van der Waals surface area contributed by atoms with Gasteiger partial charge in [0.05, 0.1) is 26.4 Å². The maximum atomic E-state index is 13.1. The van der Waals surface area contributed by atoms with Crippen molar-refractivity contribution in [3.63, 3.8) is 0 Å². The van der Waals surface area contributed by atoms with E-state index in [2.05, 4.69) is 41.5 Å². The van der Waals surface area contributed by atoms with Crippen LogP contribution in [-0.2, 0) is 65.4 Å². The highest BCUT2D eigenvalue weighted by Crippen LogP contribution is 2.45. The van der Waals surface area contributed by atoms with Gasteiger partial charge < -0.3 is 33.8 Å². The van der Waals surface area contributed by atoms with Gasteiger partial charge in [-0.25, -0.2) is 9.13 Å². The fraction of sp³-hybridized carbons (Fsp3) is 0.951. The third-order valence-electron chi connectivity index (χ3n) is 19.3. The number of aliphatic hydroxyl groups is 1. The monoisotopic (exact) mass is 1470 g/mol. The van der Waals surface area contributed by atoms with E-state index in [1.165, 1.54) is 244 Å². The minimum atomic E-state index is -4.96. The first kappa shape index (κ1) is 98.1. The molecule has 0 aliphatic carbocycles. The molecular formula is C81H158O17P2. The summed E-state index contributed by atoms with van der Waals surface area (Å²) in [4.78, 5) is 73.0. The smallest absolute Gasteiger partial charge is 0.462 e. The van der Waals surface area contributed by atoms with Crippen LogP contribution < -0.4 is 0 Å². The molecule has 0 bridgehead atoms. The molecule has 17 nitrogen and oxygen atoms in total. The summed E-state index contributed by atoms with van der Waals surface area (Å²) in [6.07, 6.45) is 62.4. The van der Waals surface area contributed by atoms with Gasteiger partial charge in [-0.15, -0.1) is 0 Å². The summed E-state index contributed by atoms with van der Waals surface area (Å²) >= 11 is 0. The number of hydrogen-bond donors (Lipinski definition) is 3. The number of rotatable bonds is 80. The van der Waals surface area contributed by atoms with E-state index in [9.17, 15) is 43.2 Å². The van der Waals surface area contributed by atoms with Gasteiger partial charge in [0.25, 0.3) is 0 Å². The molecule has 0 saturated carbocycles. The maximum absolute atomic E-state index is 13.1. The Kier molecular flexibility index (Phi) is 71.2. The molecule has 0 amide bonds. The Morgan fingerprint density at radius 2 is 0.510 bits per heavy atom. The number of phosphoric acid groups is 2. The number of ether oxygens (including phenoxy) is 4. The van der Waals surface area contributed by atoms with E-state index in [0.717, 1.165) is 102 Å². The van der Waals surface area contributed by atoms with Gasteiger partial charge in [-0.3, -0.25) is 37.3 Å². The Bertz CT molecular complexity index is 1930. The van der Waals surface area contributed by atoms with Gasteiger partial charge in [0.2, 0.25) is 0 Å². The van der Waals surface area contributed by atoms with Crippen LogP contribution in [0.2, 0.25) is 0 Å². The molecule has 0 rings (SSSR count). The third-order valence-corrected chi connectivity index (χ3v) is 21.2. The molecule has 0 saturated heterocycles. The largest absolute Gasteiger partial charge is 0.472 e. The molecule has 3 unspecified atom stereocenters. The van der Waals surface area contributed by atoms with Gasteiger partial charge >= 0.3 is 39.5 Å². The summed E-state index contributed by atoms with van der Waals surface area (Å²) < 4.78 is 68.7. The Balaban J connectivity index is 5.23. The number of hydrogen-bond acceptors (Lipinski definition) is 15. The van der Waals surface area contributed by atoms with Crippen LogP contribution in [0.5, 0.6) is 0 Å². The van der Waals surface area contributed by atoms with Gasteiger partial charge in [0.1, 0.15) is 19.3 Å². The molecule has 0 radical (unpaired) electrons. The predicted octanol–water partition coefficient (Wildman–Crippen LogP) is 24.3. The van der Waals surface area contributed by atoms with Crippen molar-refractivity contribution in [3.8, 4) is 0 Å². The minimum Gasteiger partial charge on any atom is -0.462 e. The van der Waals surface area contributed by atoms with Gasteiger partial charge in [-0.1, -0.05) is 375 Å². The van der Waals surface area contributed by atoms with E-state index in [0.29, 0.717) is 25.7 Å². The minimum absolute atomic E-state index is 0.106. The lowest BCUT2D eigenvalue weighted by molar-refractivity contribution is -0.161. The van der Waals surface area contributed by atoms with Gasteiger partial charge in [0.15, 0.2) is 12.2 Å². The first-order chi connectivity index (χ1) is 48.4. The molecule has 0 aliphatic heterocycles. The summed E-state index contributed by atoms with van der Waals surface area (Å²) in [5, 5.41) is 10.6. The van der Waals surface area contributed by atoms with Crippen LogP contribution in [-0.4, -0.2) is 96.7 Å². The number of unbranched alkanes of at least 4 members (excludes halogenated alkanes) is 49. The van der Waals surface area contributed by atoms with E-state index in [1.807, 2.05) is 0 Å². The van der Waals surface area contributed by atoms with Crippen LogP contribution in [0.4, 0.5) is 0 Å². The lowest BCUT2D eigenvalue weighted by atomic mass is 9.99. The van der Waals surface area contributed by atoms with Crippen molar-refractivity contribution in [3.05, 3.63) is 0 Å². The first-order valence-corrected chi connectivity index (χ1v) is 45.0. The van der Waals surface area contributed by atoms with E-state index < -0.39 is 97.5 Å². The zero-order chi connectivity index (χ0) is 73.5. The topological polar surface area (TPSA) is 237 Å². The lowest BCUT2D eigenvalue weighted by Gasteiger charge is -2.21. The molecule has 19 heteroatoms. The highest BCUT2D eigenvalue weighted by molar-refractivity contribution is 7.47. The predicted molar refractivity (Wildman–Crippen MR) is 409 cm³/mol. The molecule has 0 aromatic carbocycles. The number of phosphoric ester groups is 2. The lowest BCUT2D eigenvalue weighted by Crippen LogP contribution is -2.30. The molecular weight excluding hydrogens is 1310 g/mol. The quantitative estimate of drug-likeness (QED) is 0.0222. The second-order valence-electron chi connectivity index (χ2n) is 29.9. The van der Waals surface area contributed by atoms with E-state index in [1.54, 1.807) is 0 Å². The van der Waals surface area contributed by atoms with Crippen molar-refractivity contribution >= 4 is 39.5 Å². The third kappa shape index (κ3) is 73.0. The Morgan fingerprint density at radius 1 is 0.290 bits per heavy atom. The molecule has 0 spiro atoms. The van der Waals surface area contributed by atoms with Crippen molar-refractivity contribution in [1.29, 1.82) is 0 Å². The van der Waals surface area contributed by atoms with E-state index >= 15 is 0 Å². The van der Waals surface area contributed by atoms with Crippen LogP contribution in [0.1, 0.15) is 427 Å². The van der Waals surface area contributed by atoms with Gasteiger partial charge in [-0.2, -0.15) is 0 Å². The van der Waals surface area contributed by atoms with E-state index in [4.69, 9.17) is 37.0 Å². The number of carbonyl (C=O) groups is 4. The Hall–Kier alpha value is -1.94. The molecule has 0 aromatic heterocycles. The van der Waals surface area contributed by atoms with Crippen LogP contribution >= 0.6 is 15.6 Å². The summed E-state index contributed by atoms with van der Waals surface area (Å²) in [5.74, 6) is -0.580. The molecule has 0 fully saturated rings. The average molecular weight is 1470 g/mol. The summed E-state index contributed by atoms with van der Waals surface area (Å²) in [5.41, 5.74) is 0. The molecule has 0 aromatic rings. The SMILES string of the molecule is CCCCCCCCCCCCCCCCCCCCCCCC(=O)O[C@H](COC(=O)CCCCCCCCCCCCCCCC)COP(=O)(O)OC[C@@H](O)COP(=O)(O)OC[C@@H](COC(=O)CCCCCCCCCCC(C)CC)OC(=O)CCCCCCCCCCCCC(C)C. The Labute approximate surface area is 613 Å². The average Bonchev–Trinajstić information content (AvgIpc) is 0.928. The molecule has 0 aliphatic rings. The number of esters is 4. The van der Waals surface area contributed by atoms with Crippen LogP contribution in [0.15, 0.2) is 0 Å².